The Kier molecular flexibility index (Phi) is 5.65. The van der Waals surface area contributed by atoms with Crippen LogP contribution in [0.1, 0.15) is 6.92 Å². The normalized spacial score (nSPS) is 13.1. The van der Waals surface area contributed by atoms with Crippen molar-refractivity contribution in [1.29, 1.82) is 0 Å². The van der Waals surface area contributed by atoms with Crippen LogP contribution in [0.2, 0.25) is 4.34 Å². The van der Waals surface area contributed by atoms with E-state index in [9.17, 15) is 8.42 Å². The van der Waals surface area contributed by atoms with Crippen LogP contribution in [-0.2, 0) is 10.0 Å². The molecule has 3 aromatic rings. The van der Waals surface area contributed by atoms with Gasteiger partial charge >= 0.3 is 0 Å². The summed E-state index contributed by atoms with van der Waals surface area (Å²) in [6, 6.07) is 10.5. The quantitative estimate of drug-likeness (QED) is 0.588. The molecule has 0 saturated carbocycles. The van der Waals surface area contributed by atoms with Gasteiger partial charge in [0.15, 0.2) is 4.21 Å². The molecule has 0 aliphatic rings. The maximum absolute atomic E-state index is 12.4. The number of benzene rings is 1. The summed E-state index contributed by atoms with van der Waals surface area (Å²) in [6.07, 6.45) is 1.72. The third-order valence-corrected chi connectivity index (χ3v) is 7.86. The maximum atomic E-state index is 12.4. The highest BCUT2D eigenvalue weighted by molar-refractivity contribution is 9.10. The van der Waals surface area contributed by atoms with Crippen molar-refractivity contribution in [2.45, 2.75) is 17.2 Å². The molecule has 9 heteroatoms. The summed E-state index contributed by atoms with van der Waals surface area (Å²) in [6.45, 7) is 1.92. The molecule has 0 aliphatic heterocycles. The van der Waals surface area contributed by atoms with Crippen LogP contribution in [0.3, 0.4) is 0 Å². The summed E-state index contributed by atoms with van der Waals surface area (Å²) in [4.78, 5) is 4.27. The summed E-state index contributed by atoms with van der Waals surface area (Å²) in [5.74, 6) is 0.664. The van der Waals surface area contributed by atoms with Crippen LogP contribution in [0.15, 0.2) is 51.3 Å². The van der Waals surface area contributed by atoms with Gasteiger partial charge in [0.1, 0.15) is 12.4 Å². The average molecular weight is 462 g/mol. The second-order valence-electron chi connectivity index (χ2n) is 5.35. The molecule has 2 heterocycles. The molecule has 1 atom stereocenters. The molecule has 0 saturated heterocycles. The molecule has 0 amide bonds. The van der Waals surface area contributed by atoms with Gasteiger partial charge in [-0.2, -0.15) is 0 Å². The van der Waals surface area contributed by atoms with Crippen molar-refractivity contribution in [3.05, 3.63) is 51.4 Å². The molecule has 0 bridgehead atoms. The van der Waals surface area contributed by atoms with Crippen LogP contribution in [0, 0.1) is 0 Å². The first-order valence-electron chi connectivity index (χ1n) is 7.30. The van der Waals surface area contributed by atoms with Gasteiger partial charge in [-0.1, -0.05) is 17.7 Å². The van der Waals surface area contributed by atoms with Crippen molar-refractivity contribution >= 4 is 59.8 Å². The van der Waals surface area contributed by atoms with Crippen LogP contribution < -0.4 is 9.46 Å². The SMILES string of the molecule is C[C@@H](COc1cccc2ncccc12)NS(=O)(=O)c1sc(Cl)cc1Br. The topological polar surface area (TPSA) is 68.3 Å². The molecular weight excluding hydrogens is 448 g/mol. The van der Waals surface area contributed by atoms with Crippen LogP contribution in [0.4, 0.5) is 0 Å². The lowest BCUT2D eigenvalue weighted by atomic mass is 10.2. The first-order chi connectivity index (χ1) is 11.9. The fourth-order valence-corrected chi connectivity index (χ4v) is 6.53. The van der Waals surface area contributed by atoms with E-state index in [1.165, 1.54) is 0 Å². The first-order valence-corrected chi connectivity index (χ1v) is 10.8. The van der Waals surface area contributed by atoms with E-state index in [4.69, 9.17) is 16.3 Å². The minimum Gasteiger partial charge on any atom is -0.491 e. The van der Waals surface area contributed by atoms with Crippen LogP contribution in [0.5, 0.6) is 5.75 Å². The number of nitrogens with one attached hydrogen (secondary N) is 1. The number of hydrogen-bond acceptors (Lipinski definition) is 5. The van der Waals surface area contributed by atoms with Crippen molar-refractivity contribution in [3.63, 3.8) is 0 Å². The summed E-state index contributed by atoms with van der Waals surface area (Å²) >= 11 is 10.1. The second kappa shape index (κ2) is 7.59. The molecule has 0 unspecified atom stereocenters. The molecule has 1 N–H and O–H groups in total. The highest BCUT2D eigenvalue weighted by Crippen LogP contribution is 2.34. The lowest BCUT2D eigenvalue weighted by Gasteiger charge is -2.15. The van der Waals surface area contributed by atoms with E-state index < -0.39 is 16.1 Å². The number of rotatable bonds is 6. The smallest absolute Gasteiger partial charge is 0.251 e. The Morgan fingerprint density at radius 1 is 1.36 bits per heavy atom. The second-order valence-corrected chi connectivity index (χ2v) is 9.79. The molecule has 132 valence electrons. The van der Waals surface area contributed by atoms with Gasteiger partial charge in [-0.25, -0.2) is 13.1 Å². The monoisotopic (exact) mass is 460 g/mol. The van der Waals surface area contributed by atoms with Crippen LogP contribution >= 0.6 is 38.9 Å². The van der Waals surface area contributed by atoms with Gasteiger partial charge in [-0.3, -0.25) is 4.98 Å². The summed E-state index contributed by atoms with van der Waals surface area (Å²) in [5, 5.41) is 0.882. The predicted octanol–water partition coefficient (Wildman–Crippen LogP) is 4.46. The summed E-state index contributed by atoms with van der Waals surface area (Å²) in [5.41, 5.74) is 0.824. The lowest BCUT2D eigenvalue weighted by molar-refractivity contribution is 0.290. The number of thiophene rings is 1. The minimum atomic E-state index is -3.67. The Labute approximate surface area is 163 Å². The Morgan fingerprint density at radius 3 is 2.88 bits per heavy atom. The zero-order valence-electron chi connectivity index (χ0n) is 13.1. The number of sulfonamides is 1. The third kappa shape index (κ3) is 4.32. The van der Waals surface area contributed by atoms with Gasteiger partial charge in [-0.05, 0) is 53.2 Å². The van der Waals surface area contributed by atoms with E-state index in [0.717, 1.165) is 22.2 Å². The van der Waals surface area contributed by atoms with Crippen molar-refractivity contribution in [3.8, 4) is 5.75 Å². The van der Waals surface area contributed by atoms with E-state index in [1.54, 1.807) is 19.2 Å². The zero-order chi connectivity index (χ0) is 18.0. The van der Waals surface area contributed by atoms with Crippen LogP contribution in [-0.4, -0.2) is 26.1 Å². The number of fused-ring (bicyclic) bond motifs is 1. The van der Waals surface area contributed by atoms with Gasteiger partial charge in [0, 0.05) is 11.6 Å². The van der Waals surface area contributed by atoms with E-state index in [-0.39, 0.29) is 10.8 Å². The van der Waals surface area contributed by atoms with E-state index >= 15 is 0 Å². The van der Waals surface area contributed by atoms with Gasteiger partial charge in [0.2, 0.25) is 0 Å². The van der Waals surface area contributed by atoms with E-state index in [2.05, 4.69) is 25.6 Å². The van der Waals surface area contributed by atoms with Gasteiger partial charge in [0.05, 0.1) is 20.4 Å². The Morgan fingerprint density at radius 2 is 2.16 bits per heavy atom. The van der Waals surface area contributed by atoms with Crippen molar-refractivity contribution in [2.24, 2.45) is 0 Å². The summed E-state index contributed by atoms with van der Waals surface area (Å²) in [7, 11) is -3.67. The fraction of sp³-hybridized carbons (Fsp3) is 0.188. The molecule has 0 spiro atoms. The standard InChI is InChI=1S/C16H14BrClN2O3S2/c1-10(20-25(21,22)16-12(17)8-15(18)24-16)9-23-14-6-2-5-13-11(14)4-3-7-19-13/h2-8,10,20H,9H2,1H3/t10-/m0/s1. The van der Waals surface area contributed by atoms with Crippen molar-refractivity contribution in [2.75, 3.05) is 6.61 Å². The van der Waals surface area contributed by atoms with E-state index in [1.807, 2.05) is 30.3 Å². The average Bonchev–Trinajstić information content (AvgIpc) is 2.92. The Hall–Kier alpha value is -1.19. The molecular formula is C16H14BrClN2O3S2. The predicted molar refractivity (Wildman–Crippen MR) is 104 cm³/mol. The molecule has 0 aliphatic carbocycles. The number of pyridine rings is 1. The summed E-state index contributed by atoms with van der Waals surface area (Å²) < 4.78 is 34.3. The fourth-order valence-electron chi connectivity index (χ4n) is 2.28. The van der Waals surface area contributed by atoms with Gasteiger partial charge in [-0.15, -0.1) is 11.3 Å². The van der Waals surface area contributed by atoms with E-state index in [0.29, 0.717) is 14.6 Å². The molecule has 25 heavy (non-hydrogen) atoms. The number of ether oxygens (including phenoxy) is 1. The zero-order valence-corrected chi connectivity index (χ0v) is 17.0. The molecule has 0 radical (unpaired) electrons. The first kappa shape index (κ1) is 18.6. The number of aromatic nitrogens is 1. The maximum Gasteiger partial charge on any atom is 0.251 e. The minimum absolute atomic E-state index is 0.152. The third-order valence-electron chi connectivity index (χ3n) is 3.32. The lowest BCUT2D eigenvalue weighted by Crippen LogP contribution is -2.36. The molecule has 3 rings (SSSR count). The Balaban J connectivity index is 1.70. The Bertz CT molecular complexity index is 1000. The van der Waals surface area contributed by atoms with Gasteiger partial charge < -0.3 is 4.74 Å². The number of hydrogen-bond donors (Lipinski definition) is 1. The van der Waals surface area contributed by atoms with Gasteiger partial charge in [0.25, 0.3) is 10.0 Å². The highest BCUT2D eigenvalue weighted by Gasteiger charge is 2.23. The highest BCUT2D eigenvalue weighted by atomic mass is 79.9. The number of nitrogens with zero attached hydrogens (tertiary/aromatic N) is 1. The molecule has 5 nitrogen and oxygen atoms in total. The van der Waals surface area contributed by atoms with Crippen LogP contribution in [0.25, 0.3) is 10.9 Å². The molecule has 0 fully saturated rings. The largest absolute Gasteiger partial charge is 0.491 e. The molecule has 2 aromatic heterocycles. The number of halogens is 2. The molecule has 1 aromatic carbocycles. The van der Waals surface area contributed by atoms with Crippen molar-refractivity contribution < 1.29 is 13.2 Å². The van der Waals surface area contributed by atoms with Crippen molar-refractivity contribution in [1.82, 2.24) is 9.71 Å².